The number of unbranched alkanes of at least 4 members (excludes halogenated alkanes) is 1. The number of fused-ring (bicyclic) bond motifs is 5. The normalized spacial score (nSPS) is 57.5. The molecular formula is C23H38. The highest BCUT2D eigenvalue weighted by molar-refractivity contribution is 5.29. The van der Waals surface area contributed by atoms with Gasteiger partial charge >= 0.3 is 0 Å². The van der Waals surface area contributed by atoms with Gasteiger partial charge < -0.3 is 0 Å². The molecule has 130 valence electrons. The molecule has 5 saturated carbocycles. The molecule has 0 heterocycles. The molecule has 0 nitrogen and oxygen atoms in total. The third-order valence-corrected chi connectivity index (χ3v) is 9.72. The lowest BCUT2D eigenvalue weighted by Gasteiger charge is -2.28. The van der Waals surface area contributed by atoms with Crippen LogP contribution in [-0.4, -0.2) is 0 Å². The molecule has 0 saturated heterocycles. The highest BCUT2D eigenvalue weighted by atomic mass is 14.9. The average Bonchev–Trinajstić information content (AvgIpc) is 3.32. The van der Waals surface area contributed by atoms with Gasteiger partial charge in [0.1, 0.15) is 0 Å². The van der Waals surface area contributed by atoms with Gasteiger partial charge in [-0.1, -0.05) is 53.9 Å². The molecule has 0 amide bonds. The van der Waals surface area contributed by atoms with Crippen molar-refractivity contribution in [2.45, 2.75) is 79.6 Å². The molecule has 5 rings (SSSR count). The van der Waals surface area contributed by atoms with Gasteiger partial charge in [-0.2, -0.15) is 0 Å². The van der Waals surface area contributed by atoms with Crippen molar-refractivity contribution in [2.24, 2.45) is 64.1 Å². The van der Waals surface area contributed by atoms with Gasteiger partial charge in [0.25, 0.3) is 0 Å². The van der Waals surface area contributed by atoms with Crippen molar-refractivity contribution in [2.75, 3.05) is 0 Å². The third kappa shape index (κ3) is 1.90. The van der Waals surface area contributed by atoms with Crippen LogP contribution >= 0.6 is 0 Å². The predicted molar refractivity (Wildman–Crippen MR) is 97.0 cm³/mol. The van der Waals surface area contributed by atoms with E-state index in [-0.39, 0.29) is 0 Å². The van der Waals surface area contributed by atoms with Crippen LogP contribution in [0.3, 0.4) is 0 Å². The van der Waals surface area contributed by atoms with Crippen LogP contribution < -0.4 is 0 Å². The van der Waals surface area contributed by atoms with E-state index >= 15 is 0 Å². The molecule has 0 heteroatoms. The van der Waals surface area contributed by atoms with Gasteiger partial charge in [0, 0.05) is 0 Å². The summed E-state index contributed by atoms with van der Waals surface area (Å²) < 4.78 is 0. The summed E-state index contributed by atoms with van der Waals surface area (Å²) in [5.41, 5.74) is 1.47. The second kappa shape index (κ2) is 4.59. The molecule has 0 bridgehead atoms. The highest BCUT2D eigenvalue weighted by Crippen LogP contribution is 2.86. The van der Waals surface area contributed by atoms with Gasteiger partial charge in [0.2, 0.25) is 0 Å². The highest BCUT2D eigenvalue weighted by Gasteiger charge is 2.82. The van der Waals surface area contributed by atoms with E-state index in [2.05, 4.69) is 34.6 Å². The Morgan fingerprint density at radius 1 is 1.00 bits per heavy atom. The Hall–Kier alpha value is 0. The summed E-state index contributed by atoms with van der Waals surface area (Å²) in [5.74, 6) is 10.4. The van der Waals surface area contributed by atoms with Gasteiger partial charge in [-0.25, -0.2) is 0 Å². The Kier molecular flexibility index (Phi) is 3.04. The summed E-state index contributed by atoms with van der Waals surface area (Å²) in [6, 6.07) is 0. The van der Waals surface area contributed by atoms with Crippen LogP contribution in [0.4, 0.5) is 0 Å². The van der Waals surface area contributed by atoms with Crippen molar-refractivity contribution in [3.05, 3.63) is 0 Å². The topological polar surface area (TPSA) is 0 Å². The lowest BCUT2D eigenvalue weighted by atomic mass is 9.77. The Labute approximate surface area is 144 Å². The molecule has 5 aliphatic carbocycles. The Balaban J connectivity index is 1.01. The quantitative estimate of drug-likeness (QED) is 0.454. The molecule has 0 N–H and O–H groups in total. The van der Waals surface area contributed by atoms with Crippen LogP contribution in [0.5, 0.6) is 0 Å². The number of rotatable bonds is 8. The third-order valence-electron chi connectivity index (χ3n) is 9.72. The molecule has 5 aliphatic rings. The van der Waals surface area contributed by atoms with Crippen LogP contribution in [0.1, 0.15) is 79.6 Å². The standard InChI is InChI=1S/C23H38/c1-6-11-22(3,4)21-18-16-14(17(16)19(18)21)9-7-8-10-15-20-13(2)12-23(15,20)5/h13-21H,6-12H2,1-5H3. The molecule has 0 aromatic heterocycles. The molecule has 8 atom stereocenters. The van der Waals surface area contributed by atoms with Gasteiger partial charge in [0.15, 0.2) is 0 Å². The minimum absolute atomic E-state index is 0.652. The van der Waals surface area contributed by atoms with Crippen molar-refractivity contribution in [1.29, 1.82) is 0 Å². The van der Waals surface area contributed by atoms with E-state index in [4.69, 9.17) is 0 Å². The Bertz CT molecular complexity index is 488. The van der Waals surface area contributed by atoms with E-state index in [9.17, 15) is 0 Å². The van der Waals surface area contributed by atoms with E-state index in [1.807, 2.05) is 0 Å². The molecule has 0 aliphatic heterocycles. The molecule has 5 fully saturated rings. The van der Waals surface area contributed by atoms with E-state index in [0.29, 0.717) is 5.41 Å². The van der Waals surface area contributed by atoms with E-state index in [0.717, 1.165) is 29.1 Å². The fraction of sp³-hybridized carbons (Fsp3) is 1.00. The maximum absolute atomic E-state index is 2.56. The lowest BCUT2D eigenvalue weighted by molar-refractivity contribution is 0.216. The van der Waals surface area contributed by atoms with Crippen LogP contribution in [-0.2, 0) is 0 Å². The predicted octanol–water partition coefficient (Wildman–Crippen LogP) is 6.40. The smallest absolute Gasteiger partial charge is 0.0258 e. The maximum atomic E-state index is 2.56. The second-order valence-electron chi connectivity index (χ2n) is 11.3. The summed E-state index contributed by atoms with van der Waals surface area (Å²) in [6.45, 7) is 12.5. The molecule has 0 aromatic carbocycles. The van der Waals surface area contributed by atoms with Crippen LogP contribution in [0.15, 0.2) is 0 Å². The Morgan fingerprint density at radius 3 is 2.17 bits per heavy atom. The molecule has 23 heavy (non-hydrogen) atoms. The van der Waals surface area contributed by atoms with Gasteiger partial charge in [-0.05, 0) is 89.8 Å². The first-order valence-electron chi connectivity index (χ1n) is 10.9. The fourth-order valence-electron chi connectivity index (χ4n) is 8.90. The minimum Gasteiger partial charge on any atom is -0.0654 e. The van der Waals surface area contributed by atoms with Gasteiger partial charge in [-0.3, -0.25) is 0 Å². The zero-order chi connectivity index (χ0) is 16.1. The molecule has 0 aromatic rings. The number of hydrogen-bond donors (Lipinski definition) is 0. The van der Waals surface area contributed by atoms with Crippen LogP contribution in [0.25, 0.3) is 0 Å². The summed E-state index contributed by atoms with van der Waals surface area (Å²) in [5, 5.41) is 0. The van der Waals surface area contributed by atoms with Crippen molar-refractivity contribution in [3.63, 3.8) is 0 Å². The van der Waals surface area contributed by atoms with E-state index in [1.165, 1.54) is 48.9 Å². The van der Waals surface area contributed by atoms with Crippen molar-refractivity contribution in [3.8, 4) is 0 Å². The van der Waals surface area contributed by atoms with Crippen molar-refractivity contribution < 1.29 is 0 Å². The molecule has 0 radical (unpaired) electrons. The van der Waals surface area contributed by atoms with Crippen LogP contribution in [0, 0.1) is 64.1 Å². The fourth-order valence-corrected chi connectivity index (χ4v) is 8.90. The van der Waals surface area contributed by atoms with Crippen LogP contribution in [0.2, 0.25) is 0 Å². The summed E-state index contributed by atoms with van der Waals surface area (Å²) >= 11 is 0. The minimum atomic E-state index is 0.652. The zero-order valence-electron chi connectivity index (χ0n) is 16.1. The zero-order valence-corrected chi connectivity index (χ0v) is 16.1. The summed E-state index contributed by atoms with van der Waals surface area (Å²) in [7, 11) is 0. The summed E-state index contributed by atoms with van der Waals surface area (Å²) in [6.07, 6.45) is 10.6. The van der Waals surface area contributed by atoms with E-state index in [1.54, 1.807) is 25.7 Å². The molecular weight excluding hydrogens is 276 g/mol. The first-order chi connectivity index (χ1) is 10.9. The molecule has 8 unspecified atom stereocenters. The van der Waals surface area contributed by atoms with E-state index < -0.39 is 0 Å². The lowest BCUT2D eigenvalue weighted by Crippen LogP contribution is -2.20. The second-order valence-corrected chi connectivity index (χ2v) is 11.3. The van der Waals surface area contributed by atoms with Gasteiger partial charge in [0.05, 0.1) is 0 Å². The summed E-state index contributed by atoms with van der Waals surface area (Å²) in [4.78, 5) is 0. The average molecular weight is 315 g/mol. The molecule has 0 spiro atoms. The first-order valence-corrected chi connectivity index (χ1v) is 10.9. The first kappa shape index (κ1) is 15.3. The largest absolute Gasteiger partial charge is 0.0654 e. The monoisotopic (exact) mass is 314 g/mol. The van der Waals surface area contributed by atoms with Crippen molar-refractivity contribution in [1.82, 2.24) is 0 Å². The Morgan fingerprint density at radius 2 is 1.65 bits per heavy atom. The van der Waals surface area contributed by atoms with Gasteiger partial charge in [-0.15, -0.1) is 0 Å². The number of hydrogen-bond acceptors (Lipinski definition) is 0. The van der Waals surface area contributed by atoms with Crippen molar-refractivity contribution >= 4 is 0 Å². The maximum Gasteiger partial charge on any atom is -0.0258 e. The SMILES string of the molecule is CCCC(C)(C)C1C2C3C(CCCCC4C5C(C)CC45C)C3C21.